The van der Waals surface area contributed by atoms with Crippen molar-refractivity contribution in [2.24, 2.45) is 0 Å². The van der Waals surface area contributed by atoms with Gasteiger partial charge in [0.15, 0.2) is 11.3 Å². The second kappa shape index (κ2) is 4.85. The summed E-state index contributed by atoms with van der Waals surface area (Å²) in [4.78, 5) is 22.5. The number of Topliss-reactive ketones (excluding diaryl/α,β-unsaturated/α-hetero) is 1. The highest BCUT2D eigenvalue weighted by Gasteiger charge is 2.10. The van der Waals surface area contributed by atoms with Gasteiger partial charge in [0.25, 0.3) is 5.56 Å². The molecule has 0 atom stereocenters. The maximum atomic E-state index is 11.3. The number of aromatic amines is 1. The third kappa shape index (κ3) is 2.31. The first-order valence-corrected chi connectivity index (χ1v) is 5.93. The van der Waals surface area contributed by atoms with E-state index in [-0.39, 0.29) is 11.3 Å². The van der Waals surface area contributed by atoms with Gasteiger partial charge in [0.1, 0.15) is 11.1 Å². The number of carbonyl (C=O) groups is 1. The van der Waals surface area contributed by atoms with E-state index < -0.39 is 5.56 Å². The van der Waals surface area contributed by atoms with E-state index >= 15 is 0 Å². The highest BCUT2D eigenvalue weighted by Crippen LogP contribution is 2.22. The quantitative estimate of drug-likeness (QED) is 0.828. The summed E-state index contributed by atoms with van der Waals surface area (Å²) in [7, 11) is 0. The Bertz CT molecular complexity index is 694. The van der Waals surface area contributed by atoms with E-state index in [2.05, 4.69) is 9.69 Å². The molecule has 2 N–H and O–H groups in total. The molecule has 0 unspecified atom stereocenters. The van der Waals surface area contributed by atoms with Gasteiger partial charge in [-0.25, -0.2) is 0 Å². The number of nitriles is 1. The van der Waals surface area contributed by atoms with Crippen LogP contribution in [0.3, 0.4) is 0 Å². The number of ketones is 1. The number of hydrogen-bond donors (Lipinski definition) is 2. The Kier molecular flexibility index (Phi) is 3.26. The van der Waals surface area contributed by atoms with Gasteiger partial charge < -0.3 is 5.32 Å². The average molecular weight is 259 g/mol. The molecular weight excluding hydrogens is 250 g/mol. The number of nitrogens with zero attached hydrogens (tertiary/aromatic N) is 1. The van der Waals surface area contributed by atoms with Crippen LogP contribution < -0.4 is 10.9 Å². The lowest BCUT2D eigenvalue weighted by molar-refractivity contribution is 0.101. The summed E-state index contributed by atoms with van der Waals surface area (Å²) < 4.78 is 2.48. The van der Waals surface area contributed by atoms with Crippen LogP contribution in [0.1, 0.15) is 22.8 Å². The molecular formula is C12H9N3O2S. The van der Waals surface area contributed by atoms with Gasteiger partial charge >= 0.3 is 0 Å². The third-order valence-corrected chi connectivity index (χ3v) is 3.14. The van der Waals surface area contributed by atoms with Crippen LogP contribution in [0.25, 0.3) is 0 Å². The van der Waals surface area contributed by atoms with Crippen molar-refractivity contribution in [2.75, 3.05) is 5.32 Å². The summed E-state index contributed by atoms with van der Waals surface area (Å²) in [5, 5.41) is 12.3. The summed E-state index contributed by atoms with van der Waals surface area (Å²) in [5.41, 5.74) is 0.872. The SMILES string of the molecule is CC(=O)c1cccc(Nc2s[nH]c(=O)c2C#N)c1. The van der Waals surface area contributed by atoms with E-state index in [0.29, 0.717) is 16.3 Å². The van der Waals surface area contributed by atoms with E-state index in [9.17, 15) is 9.59 Å². The summed E-state index contributed by atoms with van der Waals surface area (Å²) in [6, 6.07) is 8.72. The van der Waals surface area contributed by atoms with Crippen molar-refractivity contribution in [3.05, 3.63) is 45.7 Å². The number of H-pyrrole nitrogens is 1. The summed E-state index contributed by atoms with van der Waals surface area (Å²) in [6.07, 6.45) is 0. The van der Waals surface area contributed by atoms with Gasteiger partial charge in [-0.15, -0.1) is 0 Å². The van der Waals surface area contributed by atoms with Crippen molar-refractivity contribution in [1.82, 2.24) is 4.37 Å². The molecule has 0 aliphatic rings. The van der Waals surface area contributed by atoms with Crippen LogP contribution in [-0.4, -0.2) is 10.2 Å². The van der Waals surface area contributed by atoms with E-state index in [1.165, 1.54) is 6.92 Å². The molecule has 0 fully saturated rings. The number of aromatic nitrogens is 1. The predicted octanol–water partition coefficient (Wildman–Crippen LogP) is 2.25. The molecule has 1 heterocycles. The smallest absolute Gasteiger partial charge is 0.278 e. The minimum atomic E-state index is -0.410. The number of benzene rings is 1. The molecule has 2 rings (SSSR count). The molecule has 0 aliphatic carbocycles. The second-order valence-corrected chi connectivity index (χ2v) is 4.43. The molecule has 0 spiro atoms. The van der Waals surface area contributed by atoms with Gasteiger partial charge in [-0.05, 0) is 30.6 Å². The third-order valence-electron chi connectivity index (χ3n) is 2.34. The largest absolute Gasteiger partial charge is 0.345 e. The number of nitrogens with one attached hydrogen (secondary N) is 2. The Morgan fingerprint density at radius 3 is 2.94 bits per heavy atom. The molecule has 6 heteroatoms. The highest BCUT2D eigenvalue weighted by molar-refractivity contribution is 7.10. The zero-order chi connectivity index (χ0) is 13.1. The maximum absolute atomic E-state index is 11.3. The first-order valence-electron chi connectivity index (χ1n) is 5.11. The molecule has 0 bridgehead atoms. The lowest BCUT2D eigenvalue weighted by Gasteiger charge is -2.04. The van der Waals surface area contributed by atoms with Crippen molar-refractivity contribution in [1.29, 1.82) is 5.26 Å². The summed E-state index contributed by atoms with van der Waals surface area (Å²) in [5.74, 6) is -0.0404. The first-order chi connectivity index (χ1) is 8.61. The second-order valence-electron chi connectivity index (χ2n) is 3.61. The Balaban J connectivity index is 2.35. The Morgan fingerprint density at radius 2 is 2.28 bits per heavy atom. The predicted molar refractivity (Wildman–Crippen MR) is 69.4 cm³/mol. The van der Waals surface area contributed by atoms with Crippen molar-refractivity contribution in [3.8, 4) is 6.07 Å². The molecule has 18 heavy (non-hydrogen) atoms. The van der Waals surface area contributed by atoms with Gasteiger partial charge in [0, 0.05) is 11.3 Å². The van der Waals surface area contributed by atoms with Gasteiger partial charge in [-0.1, -0.05) is 12.1 Å². The van der Waals surface area contributed by atoms with Gasteiger partial charge in [-0.3, -0.25) is 14.0 Å². The number of carbonyl (C=O) groups excluding carboxylic acids is 1. The molecule has 0 saturated heterocycles. The van der Waals surface area contributed by atoms with Crippen molar-refractivity contribution in [2.45, 2.75) is 6.92 Å². The lowest BCUT2D eigenvalue weighted by atomic mass is 10.1. The maximum Gasteiger partial charge on any atom is 0.278 e. The normalized spacial score (nSPS) is 9.78. The molecule has 1 aromatic carbocycles. The van der Waals surface area contributed by atoms with Crippen LogP contribution in [0.15, 0.2) is 29.1 Å². The van der Waals surface area contributed by atoms with Gasteiger partial charge in [-0.2, -0.15) is 5.26 Å². The average Bonchev–Trinajstić information content (AvgIpc) is 2.70. The molecule has 0 radical (unpaired) electrons. The molecule has 2 aromatic rings. The van der Waals surface area contributed by atoms with Crippen LogP contribution in [0.2, 0.25) is 0 Å². The first kappa shape index (κ1) is 12.1. The fourth-order valence-electron chi connectivity index (χ4n) is 1.44. The molecule has 0 amide bonds. The molecule has 0 saturated carbocycles. The molecule has 90 valence electrons. The van der Waals surface area contributed by atoms with Gasteiger partial charge in [0.05, 0.1) is 0 Å². The van der Waals surface area contributed by atoms with Gasteiger partial charge in [0.2, 0.25) is 0 Å². The highest BCUT2D eigenvalue weighted by atomic mass is 32.1. The zero-order valence-corrected chi connectivity index (χ0v) is 10.3. The van der Waals surface area contributed by atoms with Crippen LogP contribution in [-0.2, 0) is 0 Å². The van der Waals surface area contributed by atoms with Crippen LogP contribution in [0.5, 0.6) is 0 Å². The lowest BCUT2D eigenvalue weighted by Crippen LogP contribution is -2.03. The Hall–Kier alpha value is -2.39. The number of anilines is 2. The van der Waals surface area contributed by atoms with E-state index in [1.54, 1.807) is 24.3 Å². The number of rotatable bonds is 3. The molecule has 0 aliphatic heterocycles. The number of hydrogen-bond acceptors (Lipinski definition) is 5. The standard InChI is InChI=1S/C12H9N3O2S/c1-7(16)8-3-2-4-9(5-8)14-12-10(6-13)11(17)15-18-12/h2-5,14H,1H3,(H,15,17). The molecule has 1 aromatic heterocycles. The van der Waals surface area contributed by atoms with E-state index in [0.717, 1.165) is 11.5 Å². The molecule has 5 nitrogen and oxygen atoms in total. The fraction of sp³-hybridized carbons (Fsp3) is 0.0833. The Labute approximate surface area is 107 Å². The van der Waals surface area contributed by atoms with E-state index in [4.69, 9.17) is 5.26 Å². The zero-order valence-electron chi connectivity index (χ0n) is 9.48. The van der Waals surface area contributed by atoms with Crippen LogP contribution >= 0.6 is 11.5 Å². The minimum absolute atomic E-state index is 0.0404. The minimum Gasteiger partial charge on any atom is -0.345 e. The van der Waals surface area contributed by atoms with Crippen LogP contribution in [0, 0.1) is 11.3 Å². The monoisotopic (exact) mass is 259 g/mol. The van der Waals surface area contributed by atoms with E-state index in [1.807, 2.05) is 6.07 Å². The van der Waals surface area contributed by atoms with Crippen molar-refractivity contribution in [3.63, 3.8) is 0 Å². The topological polar surface area (TPSA) is 85.8 Å². The van der Waals surface area contributed by atoms with Crippen molar-refractivity contribution >= 4 is 28.0 Å². The summed E-state index contributed by atoms with van der Waals surface area (Å²) >= 11 is 1.05. The fourth-order valence-corrected chi connectivity index (χ4v) is 2.15. The van der Waals surface area contributed by atoms with Crippen LogP contribution in [0.4, 0.5) is 10.7 Å². The Morgan fingerprint density at radius 1 is 1.50 bits per heavy atom. The summed E-state index contributed by atoms with van der Waals surface area (Å²) in [6.45, 7) is 1.48. The van der Waals surface area contributed by atoms with Crippen molar-refractivity contribution < 1.29 is 4.79 Å².